The van der Waals surface area contributed by atoms with E-state index in [1.54, 1.807) is 0 Å². The average molecular weight is 772 g/mol. The van der Waals surface area contributed by atoms with Crippen LogP contribution in [0.1, 0.15) is 67.0 Å². The molecule has 8 aromatic rings. The quantitative estimate of drug-likeness (QED) is 0.173. The number of hydrogen-bond acceptors (Lipinski definition) is 2. The number of rotatable bonds is 5. The second kappa shape index (κ2) is 12.8. The van der Waals surface area contributed by atoms with Gasteiger partial charge in [0.05, 0.1) is 0 Å². The van der Waals surface area contributed by atoms with Gasteiger partial charge < -0.3 is 9.64 Å². The summed E-state index contributed by atoms with van der Waals surface area (Å²) in [5.74, 6) is 1.17. The number of anilines is 3. The lowest BCUT2D eigenvalue weighted by Crippen LogP contribution is -2.18. The third kappa shape index (κ3) is 5.07. The first-order valence-electron chi connectivity index (χ1n) is 21.3. The fourth-order valence-corrected chi connectivity index (χ4v) is 10.9. The summed E-state index contributed by atoms with van der Waals surface area (Å²) in [7, 11) is 0. The second-order valence-electron chi connectivity index (χ2n) is 18.0. The van der Waals surface area contributed by atoms with Crippen LogP contribution in [-0.4, -0.2) is 6.10 Å². The fraction of sp³-hybridized carbons (Fsp3) is 0.138. The van der Waals surface area contributed by atoms with Crippen molar-refractivity contribution in [2.75, 3.05) is 4.90 Å². The molecule has 2 atom stereocenters. The molecule has 8 aromatic carbocycles. The Morgan fingerprint density at radius 3 is 1.62 bits per heavy atom. The summed E-state index contributed by atoms with van der Waals surface area (Å²) in [5, 5.41) is 2.37. The summed E-state index contributed by atoms with van der Waals surface area (Å²) < 4.78 is 6.81. The van der Waals surface area contributed by atoms with Gasteiger partial charge in [0.25, 0.3) is 0 Å². The van der Waals surface area contributed by atoms with Crippen molar-refractivity contribution < 1.29 is 4.74 Å². The molecule has 0 aromatic heterocycles. The molecule has 288 valence electrons. The van der Waals surface area contributed by atoms with Gasteiger partial charge in [0, 0.05) is 44.8 Å². The van der Waals surface area contributed by atoms with Crippen molar-refractivity contribution in [3.63, 3.8) is 0 Å². The third-order valence-corrected chi connectivity index (χ3v) is 14.0. The molecule has 2 heteroatoms. The molecule has 0 N–H and O–H groups in total. The van der Waals surface area contributed by atoms with E-state index in [1.165, 1.54) is 77.7 Å². The molecule has 1 aliphatic heterocycles. The molecule has 0 saturated heterocycles. The molecular weight excluding hydrogens is 727 g/mol. The first-order chi connectivity index (χ1) is 29.3. The molecule has 0 amide bonds. The van der Waals surface area contributed by atoms with E-state index in [1.807, 2.05) is 0 Å². The maximum absolute atomic E-state index is 6.81. The van der Waals surface area contributed by atoms with E-state index in [0.29, 0.717) is 0 Å². The minimum atomic E-state index is -0.108. The number of fused-ring (bicyclic) bond motifs is 11. The Balaban J connectivity index is 0.973. The van der Waals surface area contributed by atoms with Gasteiger partial charge in [-0.05, 0) is 121 Å². The molecule has 12 rings (SSSR count). The van der Waals surface area contributed by atoms with E-state index >= 15 is 0 Å². The van der Waals surface area contributed by atoms with E-state index in [2.05, 4.69) is 221 Å². The van der Waals surface area contributed by atoms with Crippen LogP contribution in [0.25, 0.3) is 49.7 Å². The van der Waals surface area contributed by atoms with E-state index < -0.39 is 0 Å². The van der Waals surface area contributed by atoms with Crippen LogP contribution in [0.3, 0.4) is 0 Å². The average Bonchev–Trinajstić information content (AvgIpc) is 3.86. The number of hydrogen-bond donors (Lipinski definition) is 0. The van der Waals surface area contributed by atoms with Crippen molar-refractivity contribution >= 4 is 33.4 Å². The lowest BCUT2D eigenvalue weighted by molar-refractivity contribution is 0.272. The topological polar surface area (TPSA) is 12.5 Å². The Labute approximate surface area is 352 Å². The first kappa shape index (κ1) is 35.1. The molecule has 0 radical (unpaired) electrons. The highest BCUT2D eigenvalue weighted by Gasteiger charge is 2.39. The highest BCUT2D eigenvalue weighted by molar-refractivity contribution is 6.02. The molecule has 1 heterocycles. The van der Waals surface area contributed by atoms with Gasteiger partial charge in [0.15, 0.2) is 0 Å². The minimum absolute atomic E-state index is 0.0371. The number of benzene rings is 8. The summed E-state index contributed by atoms with van der Waals surface area (Å²) in [6.07, 6.45) is 6.87. The first-order valence-corrected chi connectivity index (χ1v) is 21.3. The summed E-state index contributed by atoms with van der Waals surface area (Å²) in [6.45, 7) is 9.47. The summed E-state index contributed by atoms with van der Waals surface area (Å²) >= 11 is 0. The van der Waals surface area contributed by atoms with Crippen LogP contribution in [0.15, 0.2) is 188 Å². The second-order valence-corrected chi connectivity index (χ2v) is 18.0. The molecule has 4 aliphatic rings. The Kier molecular flexibility index (Phi) is 7.48. The largest absolute Gasteiger partial charge is 0.484 e. The predicted molar refractivity (Wildman–Crippen MR) is 250 cm³/mol. The van der Waals surface area contributed by atoms with Gasteiger partial charge in [-0.25, -0.2) is 0 Å². The van der Waals surface area contributed by atoms with Crippen molar-refractivity contribution in [1.82, 2.24) is 0 Å². The molecule has 2 nitrogen and oxygen atoms in total. The maximum atomic E-state index is 6.81. The number of ether oxygens (including phenoxy) is 1. The van der Waals surface area contributed by atoms with Gasteiger partial charge >= 0.3 is 0 Å². The van der Waals surface area contributed by atoms with Crippen LogP contribution < -0.4 is 9.64 Å². The predicted octanol–water partition coefficient (Wildman–Crippen LogP) is 15.1. The standard InChI is InChI=1S/C58H45NO/c1-57(2)51-20-12-10-17-43(51)45-30-27-40(33-53(45)57)59(41-28-31-46-44-18-11-13-21-52(44)58(3,4)54(46)34-41)39-25-22-37(23-26-39)49-35-50-47-29-24-38(36-14-6-5-7-15-36)32-55(47)60-56(50)48-19-9-8-16-42(48)49/h5-35,47,55H,1-4H3. The third-order valence-electron chi connectivity index (χ3n) is 14.0. The Morgan fingerprint density at radius 2 is 0.983 bits per heavy atom. The van der Waals surface area contributed by atoms with Crippen molar-refractivity contribution in [2.24, 2.45) is 0 Å². The van der Waals surface area contributed by atoms with E-state index in [4.69, 9.17) is 4.74 Å². The molecular formula is C58H45NO. The van der Waals surface area contributed by atoms with Crippen molar-refractivity contribution in [3.8, 4) is 39.1 Å². The zero-order valence-electron chi connectivity index (χ0n) is 34.4. The fourth-order valence-electron chi connectivity index (χ4n) is 10.9. The van der Waals surface area contributed by atoms with Gasteiger partial charge in [0.1, 0.15) is 11.9 Å². The molecule has 3 aliphatic carbocycles. The van der Waals surface area contributed by atoms with Crippen molar-refractivity contribution in [1.29, 1.82) is 0 Å². The molecule has 0 saturated carbocycles. The molecule has 0 fully saturated rings. The highest BCUT2D eigenvalue weighted by atomic mass is 16.5. The van der Waals surface area contributed by atoms with Crippen LogP contribution in [0.5, 0.6) is 5.75 Å². The Hall–Kier alpha value is -6.90. The van der Waals surface area contributed by atoms with Crippen LogP contribution in [0.4, 0.5) is 17.1 Å². The van der Waals surface area contributed by atoms with E-state index in [-0.39, 0.29) is 22.9 Å². The maximum Gasteiger partial charge on any atom is 0.132 e. The van der Waals surface area contributed by atoms with Gasteiger partial charge in [-0.3, -0.25) is 0 Å². The van der Waals surface area contributed by atoms with E-state index in [9.17, 15) is 0 Å². The highest BCUT2D eigenvalue weighted by Crippen LogP contribution is 2.54. The molecule has 2 unspecified atom stereocenters. The molecule has 0 spiro atoms. The van der Waals surface area contributed by atoms with E-state index in [0.717, 1.165) is 28.2 Å². The summed E-state index contributed by atoms with van der Waals surface area (Å²) in [5.41, 5.74) is 20.2. The minimum Gasteiger partial charge on any atom is -0.484 e. The van der Waals surface area contributed by atoms with Gasteiger partial charge in [0.2, 0.25) is 0 Å². The zero-order valence-corrected chi connectivity index (χ0v) is 34.4. The smallest absolute Gasteiger partial charge is 0.132 e. The van der Waals surface area contributed by atoms with Crippen LogP contribution in [-0.2, 0) is 10.8 Å². The van der Waals surface area contributed by atoms with Crippen LogP contribution in [0.2, 0.25) is 0 Å². The monoisotopic (exact) mass is 771 g/mol. The number of allylic oxidation sites excluding steroid dienone is 2. The zero-order chi connectivity index (χ0) is 40.3. The lowest BCUT2D eigenvalue weighted by atomic mass is 9.82. The van der Waals surface area contributed by atoms with Crippen molar-refractivity contribution in [2.45, 2.75) is 50.5 Å². The van der Waals surface area contributed by atoms with Crippen LogP contribution in [0, 0.1) is 0 Å². The van der Waals surface area contributed by atoms with Crippen molar-refractivity contribution in [3.05, 3.63) is 221 Å². The number of nitrogens with zero attached hydrogens (tertiary/aromatic N) is 1. The normalized spacial score (nSPS) is 18.1. The lowest BCUT2D eigenvalue weighted by Gasteiger charge is -2.30. The summed E-state index contributed by atoms with van der Waals surface area (Å²) in [6, 6.07) is 63.0. The van der Waals surface area contributed by atoms with Gasteiger partial charge in [-0.15, -0.1) is 0 Å². The Morgan fingerprint density at radius 1 is 0.450 bits per heavy atom. The Bertz CT molecular complexity index is 3020. The SMILES string of the molecule is CC1(C)c2ccccc2-c2ccc(N(c3ccc(-c4cc5c(c6ccccc46)OC4C=C(c6ccccc6)C=CC54)cc3)c3ccc4c(c3)C(C)(C)c3ccccc3-4)cc21. The van der Waals surface area contributed by atoms with Crippen LogP contribution >= 0.6 is 0 Å². The molecule has 60 heavy (non-hydrogen) atoms. The molecule has 0 bridgehead atoms. The summed E-state index contributed by atoms with van der Waals surface area (Å²) in [4.78, 5) is 2.46. The van der Waals surface area contributed by atoms with Gasteiger partial charge in [-0.1, -0.05) is 167 Å². The van der Waals surface area contributed by atoms with Gasteiger partial charge in [-0.2, -0.15) is 0 Å².